The summed E-state index contributed by atoms with van der Waals surface area (Å²) >= 11 is 0. The summed E-state index contributed by atoms with van der Waals surface area (Å²) < 4.78 is 17.4. The predicted octanol–water partition coefficient (Wildman–Crippen LogP) is 1.79. The van der Waals surface area contributed by atoms with Crippen LogP contribution in [0.3, 0.4) is 0 Å². The van der Waals surface area contributed by atoms with E-state index in [4.69, 9.17) is 0 Å². The molecular formula is C16H20FNO4. The first kappa shape index (κ1) is 17.8. The highest BCUT2D eigenvalue weighted by Gasteiger charge is 2.22. The number of halogens is 1. The molecule has 0 heterocycles. The molecule has 0 aliphatic heterocycles. The third-order valence-electron chi connectivity index (χ3n) is 3.21. The highest BCUT2D eigenvalue weighted by Crippen LogP contribution is 2.06. The molecule has 0 radical (unpaired) electrons. The number of methoxy groups -OCH3 is 1. The van der Waals surface area contributed by atoms with Crippen LogP contribution in [0.4, 0.5) is 4.39 Å². The zero-order valence-corrected chi connectivity index (χ0v) is 12.7. The van der Waals surface area contributed by atoms with Crippen LogP contribution in [0.25, 0.3) is 0 Å². The van der Waals surface area contributed by atoms with E-state index < -0.39 is 12.0 Å². The Hall–Kier alpha value is -2.24. The number of amides is 1. The van der Waals surface area contributed by atoms with Crippen LogP contribution in [-0.4, -0.2) is 30.8 Å². The molecular weight excluding hydrogens is 289 g/mol. The van der Waals surface area contributed by atoms with Gasteiger partial charge in [0.05, 0.1) is 13.5 Å². The van der Waals surface area contributed by atoms with Crippen molar-refractivity contribution >= 4 is 17.7 Å². The number of esters is 1. The number of carbonyl (C=O) groups excluding carboxylic acids is 3. The highest BCUT2D eigenvalue weighted by molar-refractivity contribution is 5.86. The Balaban J connectivity index is 2.59. The Labute approximate surface area is 128 Å². The minimum atomic E-state index is -0.853. The van der Waals surface area contributed by atoms with Gasteiger partial charge in [-0.15, -0.1) is 0 Å². The summed E-state index contributed by atoms with van der Waals surface area (Å²) in [7, 11) is 1.23. The van der Waals surface area contributed by atoms with Gasteiger partial charge in [0.25, 0.3) is 0 Å². The fourth-order valence-electron chi connectivity index (χ4n) is 1.91. The Morgan fingerprint density at radius 1 is 1.23 bits per heavy atom. The lowest BCUT2D eigenvalue weighted by molar-refractivity contribution is -0.145. The predicted molar refractivity (Wildman–Crippen MR) is 78.6 cm³/mol. The second-order valence-corrected chi connectivity index (χ2v) is 4.88. The molecule has 0 fully saturated rings. The van der Waals surface area contributed by atoms with Crippen molar-refractivity contribution < 1.29 is 23.5 Å². The molecule has 120 valence electrons. The molecule has 0 saturated heterocycles. The van der Waals surface area contributed by atoms with Crippen molar-refractivity contribution in [3.8, 4) is 0 Å². The third-order valence-corrected chi connectivity index (χ3v) is 3.21. The molecule has 5 nitrogen and oxygen atoms in total. The SMILES string of the molecule is CCC(=O)CC[C@@H](NC(=O)Cc1ccc(F)cc1)C(=O)OC. The van der Waals surface area contributed by atoms with Crippen LogP contribution in [0.5, 0.6) is 0 Å². The first-order valence-corrected chi connectivity index (χ1v) is 7.09. The number of hydrogen-bond acceptors (Lipinski definition) is 4. The second-order valence-electron chi connectivity index (χ2n) is 4.88. The molecule has 0 unspecified atom stereocenters. The maximum Gasteiger partial charge on any atom is 0.328 e. The van der Waals surface area contributed by atoms with Gasteiger partial charge in [0.2, 0.25) is 5.91 Å². The van der Waals surface area contributed by atoms with Crippen LogP contribution >= 0.6 is 0 Å². The Morgan fingerprint density at radius 3 is 2.41 bits per heavy atom. The van der Waals surface area contributed by atoms with Gasteiger partial charge in [0.15, 0.2) is 0 Å². The topological polar surface area (TPSA) is 72.5 Å². The number of carbonyl (C=O) groups is 3. The zero-order valence-electron chi connectivity index (χ0n) is 12.7. The molecule has 0 aliphatic rings. The molecule has 0 bridgehead atoms. The van der Waals surface area contributed by atoms with E-state index in [0.717, 1.165) is 0 Å². The molecule has 1 amide bonds. The Kier molecular flexibility index (Phi) is 7.22. The number of ether oxygens (including phenoxy) is 1. The molecule has 1 atom stereocenters. The number of ketones is 1. The van der Waals surface area contributed by atoms with E-state index in [1.54, 1.807) is 6.92 Å². The fourth-order valence-corrected chi connectivity index (χ4v) is 1.91. The number of Topliss-reactive ketones (excluding diaryl/α,β-unsaturated/α-hetero) is 1. The van der Waals surface area contributed by atoms with Gasteiger partial charge in [0.1, 0.15) is 17.6 Å². The zero-order chi connectivity index (χ0) is 16.5. The first-order valence-electron chi connectivity index (χ1n) is 7.09. The van der Waals surface area contributed by atoms with Crippen LogP contribution in [0.1, 0.15) is 31.7 Å². The van der Waals surface area contributed by atoms with Crippen molar-refractivity contribution in [3.05, 3.63) is 35.6 Å². The van der Waals surface area contributed by atoms with Gasteiger partial charge in [-0.3, -0.25) is 9.59 Å². The fraction of sp³-hybridized carbons (Fsp3) is 0.438. The average Bonchev–Trinajstić information content (AvgIpc) is 2.52. The second kappa shape index (κ2) is 8.92. The standard InChI is InChI=1S/C16H20FNO4/c1-3-13(19)8-9-14(16(21)22-2)18-15(20)10-11-4-6-12(17)7-5-11/h4-7,14H,3,8-10H2,1-2H3,(H,18,20)/t14-/m1/s1. The molecule has 0 aliphatic carbocycles. The van der Waals surface area contributed by atoms with Gasteiger partial charge < -0.3 is 10.1 Å². The number of benzene rings is 1. The summed E-state index contributed by atoms with van der Waals surface area (Å²) in [4.78, 5) is 34.9. The lowest BCUT2D eigenvalue weighted by Gasteiger charge is -2.16. The minimum Gasteiger partial charge on any atom is -0.467 e. The molecule has 6 heteroatoms. The quantitative estimate of drug-likeness (QED) is 0.743. The molecule has 1 rings (SSSR count). The number of rotatable bonds is 8. The van der Waals surface area contributed by atoms with Crippen LogP contribution in [0, 0.1) is 5.82 Å². The molecule has 1 aromatic carbocycles. The van der Waals surface area contributed by atoms with Gasteiger partial charge in [-0.05, 0) is 24.1 Å². The summed E-state index contributed by atoms with van der Waals surface area (Å²) in [5, 5.41) is 2.55. The highest BCUT2D eigenvalue weighted by atomic mass is 19.1. The van der Waals surface area contributed by atoms with Gasteiger partial charge in [-0.1, -0.05) is 19.1 Å². The lowest BCUT2D eigenvalue weighted by Crippen LogP contribution is -2.42. The molecule has 0 saturated carbocycles. The maximum atomic E-state index is 12.8. The normalized spacial score (nSPS) is 11.6. The van der Waals surface area contributed by atoms with Gasteiger partial charge >= 0.3 is 5.97 Å². The van der Waals surface area contributed by atoms with E-state index in [9.17, 15) is 18.8 Å². The van der Waals surface area contributed by atoms with E-state index in [1.165, 1.54) is 31.4 Å². The van der Waals surface area contributed by atoms with Crippen LogP contribution in [0.2, 0.25) is 0 Å². The average molecular weight is 309 g/mol. The summed E-state index contributed by atoms with van der Waals surface area (Å²) in [6.07, 6.45) is 0.814. The van der Waals surface area contributed by atoms with E-state index in [0.29, 0.717) is 12.0 Å². The van der Waals surface area contributed by atoms with Gasteiger partial charge in [-0.25, -0.2) is 9.18 Å². The molecule has 1 aromatic rings. The van der Waals surface area contributed by atoms with Gasteiger partial charge in [0, 0.05) is 12.8 Å². The van der Waals surface area contributed by atoms with Crippen molar-refractivity contribution in [1.82, 2.24) is 5.32 Å². The van der Waals surface area contributed by atoms with E-state index >= 15 is 0 Å². The van der Waals surface area contributed by atoms with E-state index in [1.807, 2.05) is 0 Å². The van der Waals surface area contributed by atoms with Crippen LogP contribution in [0.15, 0.2) is 24.3 Å². The summed E-state index contributed by atoms with van der Waals surface area (Å²) in [5.74, 6) is -1.33. The maximum absolute atomic E-state index is 12.8. The van der Waals surface area contributed by atoms with Crippen molar-refractivity contribution in [1.29, 1.82) is 0 Å². The number of nitrogens with one attached hydrogen (secondary N) is 1. The molecule has 1 N–H and O–H groups in total. The molecule has 0 aromatic heterocycles. The summed E-state index contributed by atoms with van der Waals surface area (Å²) in [6.45, 7) is 1.74. The lowest BCUT2D eigenvalue weighted by atomic mass is 10.1. The van der Waals surface area contributed by atoms with Crippen molar-refractivity contribution in [2.45, 2.75) is 38.6 Å². The smallest absolute Gasteiger partial charge is 0.328 e. The Bertz CT molecular complexity index is 527. The first-order chi connectivity index (χ1) is 10.5. The molecule has 22 heavy (non-hydrogen) atoms. The van der Waals surface area contributed by atoms with Crippen molar-refractivity contribution in [3.63, 3.8) is 0 Å². The largest absolute Gasteiger partial charge is 0.467 e. The van der Waals surface area contributed by atoms with Crippen LogP contribution in [-0.2, 0) is 25.5 Å². The van der Waals surface area contributed by atoms with E-state index in [-0.39, 0.29) is 36.8 Å². The molecule has 0 spiro atoms. The van der Waals surface area contributed by atoms with Crippen molar-refractivity contribution in [2.24, 2.45) is 0 Å². The van der Waals surface area contributed by atoms with Crippen LogP contribution < -0.4 is 5.32 Å². The van der Waals surface area contributed by atoms with E-state index in [2.05, 4.69) is 10.1 Å². The monoisotopic (exact) mass is 309 g/mol. The third kappa shape index (κ3) is 6.03. The minimum absolute atomic E-state index is 0.0155. The summed E-state index contributed by atoms with van der Waals surface area (Å²) in [6, 6.07) is 4.68. The summed E-state index contributed by atoms with van der Waals surface area (Å²) in [5.41, 5.74) is 0.632. The Morgan fingerprint density at radius 2 is 1.86 bits per heavy atom. The van der Waals surface area contributed by atoms with Crippen molar-refractivity contribution in [2.75, 3.05) is 7.11 Å². The number of hydrogen-bond donors (Lipinski definition) is 1. The van der Waals surface area contributed by atoms with Gasteiger partial charge in [-0.2, -0.15) is 0 Å².